The molecule has 16 heavy (non-hydrogen) atoms. The average molecular weight is 221 g/mol. The van der Waals surface area contributed by atoms with E-state index in [0.717, 1.165) is 5.56 Å². The molecule has 0 spiro atoms. The van der Waals surface area contributed by atoms with Crippen LogP contribution in [0, 0.1) is 12.5 Å². The minimum Gasteiger partial charge on any atom is -0.464 e. The summed E-state index contributed by atoms with van der Waals surface area (Å²) < 4.78 is 10.1. The minimum absolute atomic E-state index is 0.0401. The number of hydrogen-bond acceptors (Lipinski definition) is 3. The van der Waals surface area contributed by atoms with Crippen LogP contribution in [-0.4, -0.2) is 19.2 Å². The molecule has 0 heterocycles. The molecule has 0 aliphatic carbocycles. The van der Waals surface area contributed by atoms with Crippen LogP contribution in [0.15, 0.2) is 30.3 Å². The molecule has 0 saturated carbocycles. The van der Waals surface area contributed by atoms with Crippen molar-refractivity contribution in [2.24, 2.45) is 5.92 Å². The molecule has 0 aliphatic rings. The van der Waals surface area contributed by atoms with Crippen LogP contribution in [0.5, 0.6) is 0 Å². The molecule has 1 radical (unpaired) electrons. The lowest BCUT2D eigenvalue weighted by molar-refractivity contribution is -0.148. The van der Waals surface area contributed by atoms with Crippen molar-refractivity contribution in [3.8, 4) is 0 Å². The molecule has 0 saturated heterocycles. The van der Waals surface area contributed by atoms with Gasteiger partial charge >= 0.3 is 5.97 Å². The van der Waals surface area contributed by atoms with E-state index in [0.29, 0.717) is 12.5 Å². The third-order valence-corrected chi connectivity index (χ3v) is 1.80. The molecule has 0 N–H and O–H groups in total. The van der Waals surface area contributed by atoms with Crippen LogP contribution in [0.2, 0.25) is 0 Å². The summed E-state index contributed by atoms with van der Waals surface area (Å²) in [6.45, 7) is 5.93. The quantitative estimate of drug-likeness (QED) is 0.692. The van der Waals surface area contributed by atoms with Crippen LogP contribution in [0.25, 0.3) is 0 Å². The van der Waals surface area contributed by atoms with Gasteiger partial charge in [0, 0.05) is 0 Å². The van der Waals surface area contributed by atoms with E-state index in [9.17, 15) is 4.79 Å². The highest BCUT2D eigenvalue weighted by molar-refractivity contribution is 5.70. The minimum atomic E-state index is -0.333. The molecule has 0 aliphatic heterocycles. The Bertz CT molecular complexity index is 306. The zero-order chi connectivity index (χ0) is 11.8. The molecule has 3 nitrogen and oxygen atoms in total. The van der Waals surface area contributed by atoms with Gasteiger partial charge in [0.1, 0.15) is 13.2 Å². The Kier molecular flexibility index (Phi) is 5.57. The molecule has 1 aromatic carbocycles. The van der Waals surface area contributed by atoms with Gasteiger partial charge in [0.2, 0.25) is 0 Å². The van der Waals surface area contributed by atoms with Gasteiger partial charge in [-0.25, -0.2) is 4.79 Å². The second-order valence-corrected chi connectivity index (χ2v) is 3.92. The summed E-state index contributed by atoms with van der Waals surface area (Å²) in [7, 11) is 0. The van der Waals surface area contributed by atoms with Gasteiger partial charge in [-0.15, -0.1) is 0 Å². The Morgan fingerprint density at radius 2 is 2.00 bits per heavy atom. The topological polar surface area (TPSA) is 35.5 Å². The van der Waals surface area contributed by atoms with Gasteiger partial charge in [-0.1, -0.05) is 44.2 Å². The van der Waals surface area contributed by atoms with Crippen molar-refractivity contribution >= 4 is 5.97 Å². The second kappa shape index (κ2) is 7.01. The van der Waals surface area contributed by atoms with Crippen molar-refractivity contribution in [3.63, 3.8) is 0 Å². The third kappa shape index (κ3) is 5.51. The number of carbonyl (C=O) groups is 1. The fraction of sp³-hybridized carbons (Fsp3) is 0.385. The molecule has 0 aromatic heterocycles. The summed E-state index contributed by atoms with van der Waals surface area (Å²) in [4.78, 5) is 11.2. The maximum atomic E-state index is 11.2. The normalized spacial score (nSPS) is 10.4. The average Bonchev–Trinajstić information content (AvgIpc) is 2.28. The molecule has 1 aromatic rings. The van der Waals surface area contributed by atoms with Crippen molar-refractivity contribution in [3.05, 3.63) is 42.5 Å². The van der Waals surface area contributed by atoms with E-state index >= 15 is 0 Å². The monoisotopic (exact) mass is 221 g/mol. The molecule has 0 unspecified atom stereocenters. The van der Waals surface area contributed by atoms with Crippen LogP contribution in [0.3, 0.4) is 0 Å². The fourth-order valence-electron chi connectivity index (χ4n) is 1.04. The van der Waals surface area contributed by atoms with Crippen molar-refractivity contribution in [1.29, 1.82) is 0 Å². The summed E-state index contributed by atoms with van der Waals surface area (Å²) >= 11 is 0. The van der Waals surface area contributed by atoms with Gasteiger partial charge in [0.05, 0.1) is 6.61 Å². The molecule has 0 fully saturated rings. The predicted octanol–water partition coefficient (Wildman–Crippen LogP) is 2.41. The van der Waals surface area contributed by atoms with Crippen molar-refractivity contribution < 1.29 is 14.3 Å². The first kappa shape index (κ1) is 12.7. The van der Waals surface area contributed by atoms with Gasteiger partial charge in [0.15, 0.2) is 0 Å². The fourth-order valence-corrected chi connectivity index (χ4v) is 1.04. The Balaban J connectivity index is 2.13. The van der Waals surface area contributed by atoms with Crippen LogP contribution in [0.1, 0.15) is 19.4 Å². The van der Waals surface area contributed by atoms with Crippen molar-refractivity contribution in [1.82, 2.24) is 0 Å². The summed E-state index contributed by atoms with van der Waals surface area (Å²) in [6.07, 6.45) is 0. The van der Waals surface area contributed by atoms with Crippen LogP contribution in [-0.2, 0) is 14.3 Å². The van der Waals surface area contributed by atoms with Crippen LogP contribution < -0.4 is 0 Å². The predicted molar refractivity (Wildman–Crippen MR) is 61.6 cm³/mol. The number of benzene rings is 1. The molecule has 1 rings (SSSR count). The molecule has 87 valence electrons. The number of ether oxygens (including phenoxy) is 2. The summed E-state index contributed by atoms with van der Waals surface area (Å²) in [5.74, 6) is 0.0166. The van der Waals surface area contributed by atoms with Crippen LogP contribution >= 0.6 is 0 Å². The number of carbonyl (C=O) groups excluding carboxylic acids is 1. The Hall–Kier alpha value is -1.35. The highest BCUT2D eigenvalue weighted by Crippen LogP contribution is 2.02. The van der Waals surface area contributed by atoms with E-state index in [4.69, 9.17) is 9.47 Å². The lowest BCUT2D eigenvalue weighted by Crippen LogP contribution is -2.15. The molecule has 0 bridgehead atoms. The number of esters is 1. The largest absolute Gasteiger partial charge is 0.464 e. The smallest absolute Gasteiger partial charge is 0.332 e. The van der Waals surface area contributed by atoms with Gasteiger partial charge in [-0.2, -0.15) is 0 Å². The standard InChI is InChI=1S/C13H17O3/c1-11(2)8-16-13(14)10-15-9-12-6-4-3-5-7-12/h3-7,9,11H,8,10H2,1-2H3. The maximum absolute atomic E-state index is 11.2. The molecule has 0 atom stereocenters. The number of rotatable bonds is 6. The molecule has 3 heteroatoms. The summed E-state index contributed by atoms with van der Waals surface area (Å²) in [6, 6.07) is 9.55. The van der Waals surface area contributed by atoms with Gasteiger partial charge < -0.3 is 9.47 Å². The highest BCUT2D eigenvalue weighted by atomic mass is 16.6. The van der Waals surface area contributed by atoms with E-state index in [-0.39, 0.29) is 12.6 Å². The highest BCUT2D eigenvalue weighted by Gasteiger charge is 2.04. The van der Waals surface area contributed by atoms with Crippen molar-refractivity contribution in [2.45, 2.75) is 13.8 Å². The lowest BCUT2D eigenvalue weighted by atomic mass is 10.2. The summed E-state index contributed by atoms with van der Waals surface area (Å²) in [5, 5.41) is 0. The first-order valence-electron chi connectivity index (χ1n) is 5.34. The Morgan fingerprint density at radius 1 is 1.31 bits per heavy atom. The van der Waals surface area contributed by atoms with Gasteiger partial charge in [-0.05, 0) is 11.5 Å². The third-order valence-electron chi connectivity index (χ3n) is 1.80. The summed E-state index contributed by atoms with van der Waals surface area (Å²) in [5.41, 5.74) is 0.930. The molecule has 0 amide bonds. The maximum Gasteiger partial charge on any atom is 0.332 e. The van der Waals surface area contributed by atoms with E-state index < -0.39 is 0 Å². The van der Waals surface area contributed by atoms with E-state index in [2.05, 4.69) is 0 Å². The lowest BCUT2D eigenvalue weighted by Gasteiger charge is -2.07. The zero-order valence-corrected chi connectivity index (χ0v) is 9.68. The van der Waals surface area contributed by atoms with E-state index in [1.807, 2.05) is 44.2 Å². The first-order chi connectivity index (χ1) is 7.68. The van der Waals surface area contributed by atoms with Crippen LogP contribution in [0.4, 0.5) is 0 Å². The van der Waals surface area contributed by atoms with Crippen molar-refractivity contribution in [2.75, 3.05) is 13.2 Å². The van der Waals surface area contributed by atoms with Gasteiger partial charge in [-0.3, -0.25) is 0 Å². The molecular formula is C13H17O3. The van der Waals surface area contributed by atoms with E-state index in [1.165, 1.54) is 0 Å². The molecular weight excluding hydrogens is 204 g/mol. The second-order valence-electron chi connectivity index (χ2n) is 3.92. The SMILES string of the molecule is CC(C)COC(=O)CO[CH]c1ccccc1. The van der Waals surface area contributed by atoms with Gasteiger partial charge in [0.25, 0.3) is 0 Å². The Labute approximate surface area is 96.4 Å². The van der Waals surface area contributed by atoms with E-state index in [1.54, 1.807) is 6.61 Å². The first-order valence-corrected chi connectivity index (χ1v) is 5.34. The Morgan fingerprint density at radius 3 is 2.62 bits per heavy atom. The number of hydrogen-bond donors (Lipinski definition) is 0. The zero-order valence-electron chi connectivity index (χ0n) is 9.68.